The highest BCUT2D eigenvalue weighted by Gasteiger charge is 2.37. The first kappa shape index (κ1) is 10.1. The standard InChI is InChI=1S/C9H11ClO4/c10-7(11)4-1-2-5-6(3-4)9(13)14-8(5)12/h4,8-9,12-13H,1-3H2/t4-,8-,9+/m1/s1. The van der Waals surface area contributed by atoms with Crippen molar-refractivity contribution >= 4 is 16.8 Å². The van der Waals surface area contributed by atoms with Crippen molar-refractivity contribution in [2.45, 2.75) is 31.8 Å². The second-order valence-corrected chi connectivity index (χ2v) is 4.01. The summed E-state index contributed by atoms with van der Waals surface area (Å²) in [5.41, 5.74) is 1.34. The van der Waals surface area contributed by atoms with E-state index in [2.05, 4.69) is 0 Å². The fourth-order valence-corrected chi connectivity index (χ4v) is 2.20. The normalized spacial score (nSPS) is 37.2. The van der Waals surface area contributed by atoms with Crippen molar-refractivity contribution in [1.29, 1.82) is 0 Å². The first-order valence-corrected chi connectivity index (χ1v) is 4.90. The number of carbonyl (C=O) groups is 1. The van der Waals surface area contributed by atoms with E-state index >= 15 is 0 Å². The van der Waals surface area contributed by atoms with Crippen LogP contribution in [0, 0.1) is 5.92 Å². The number of carbonyl (C=O) groups excluding carboxylic acids is 1. The van der Waals surface area contributed by atoms with Crippen LogP contribution in [-0.2, 0) is 9.53 Å². The Balaban J connectivity index is 2.19. The lowest BCUT2D eigenvalue weighted by atomic mass is 9.85. The maximum absolute atomic E-state index is 10.9. The molecule has 0 aromatic carbocycles. The van der Waals surface area contributed by atoms with Crippen LogP contribution in [0.25, 0.3) is 0 Å². The summed E-state index contributed by atoms with van der Waals surface area (Å²) in [6.45, 7) is 0. The molecule has 0 amide bonds. The molecule has 0 radical (unpaired) electrons. The molecule has 0 saturated heterocycles. The molecular formula is C9H11ClO4. The zero-order chi connectivity index (χ0) is 10.3. The van der Waals surface area contributed by atoms with Gasteiger partial charge in [-0.1, -0.05) is 0 Å². The van der Waals surface area contributed by atoms with Crippen molar-refractivity contribution < 1.29 is 19.7 Å². The largest absolute Gasteiger partial charge is 0.364 e. The van der Waals surface area contributed by atoms with Gasteiger partial charge in [0.15, 0.2) is 12.6 Å². The predicted octanol–water partition coefficient (Wildman–Crippen LogP) is 0.515. The van der Waals surface area contributed by atoms with Crippen molar-refractivity contribution in [2.24, 2.45) is 5.92 Å². The third-order valence-corrected chi connectivity index (χ3v) is 3.12. The van der Waals surface area contributed by atoms with Crippen molar-refractivity contribution in [3.8, 4) is 0 Å². The van der Waals surface area contributed by atoms with E-state index < -0.39 is 12.6 Å². The number of rotatable bonds is 1. The summed E-state index contributed by atoms with van der Waals surface area (Å²) < 4.78 is 4.82. The molecule has 14 heavy (non-hydrogen) atoms. The van der Waals surface area contributed by atoms with Gasteiger partial charge in [-0.2, -0.15) is 0 Å². The van der Waals surface area contributed by atoms with Gasteiger partial charge in [0.05, 0.1) is 0 Å². The number of aliphatic hydroxyl groups excluding tert-OH is 2. The van der Waals surface area contributed by atoms with Gasteiger partial charge in [-0.05, 0) is 42.0 Å². The Morgan fingerprint density at radius 2 is 2.00 bits per heavy atom. The first-order chi connectivity index (χ1) is 6.59. The Morgan fingerprint density at radius 1 is 1.36 bits per heavy atom. The van der Waals surface area contributed by atoms with E-state index in [0.29, 0.717) is 30.4 Å². The lowest BCUT2D eigenvalue weighted by Crippen LogP contribution is -2.19. The van der Waals surface area contributed by atoms with Crippen LogP contribution < -0.4 is 0 Å². The number of halogens is 1. The topological polar surface area (TPSA) is 66.8 Å². The molecule has 0 spiro atoms. The third-order valence-electron chi connectivity index (χ3n) is 2.82. The van der Waals surface area contributed by atoms with Crippen LogP contribution in [0.1, 0.15) is 19.3 Å². The number of aliphatic hydroxyl groups is 2. The first-order valence-electron chi connectivity index (χ1n) is 4.52. The average molecular weight is 219 g/mol. The lowest BCUT2D eigenvalue weighted by Gasteiger charge is -2.20. The Hall–Kier alpha value is -0.420. The Labute approximate surface area is 86.1 Å². The van der Waals surface area contributed by atoms with Crippen molar-refractivity contribution in [3.05, 3.63) is 11.1 Å². The van der Waals surface area contributed by atoms with Crippen molar-refractivity contribution in [1.82, 2.24) is 0 Å². The fraction of sp³-hybridized carbons (Fsp3) is 0.667. The van der Waals surface area contributed by atoms with Gasteiger partial charge in [0.1, 0.15) is 0 Å². The minimum absolute atomic E-state index is 0.251. The zero-order valence-corrected chi connectivity index (χ0v) is 8.20. The molecule has 3 atom stereocenters. The van der Waals surface area contributed by atoms with Gasteiger partial charge in [0, 0.05) is 5.92 Å². The summed E-state index contributed by atoms with van der Waals surface area (Å²) >= 11 is 5.38. The maximum atomic E-state index is 10.9. The van der Waals surface area contributed by atoms with Gasteiger partial charge in [-0.3, -0.25) is 4.79 Å². The minimum Gasteiger partial charge on any atom is -0.364 e. The van der Waals surface area contributed by atoms with E-state index in [1.54, 1.807) is 0 Å². The molecule has 5 heteroatoms. The Kier molecular flexibility index (Phi) is 2.62. The van der Waals surface area contributed by atoms with Crippen LogP contribution in [0.15, 0.2) is 11.1 Å². The molecule has 2 N–H and O–H groups in total. The predicted molar refractivity (Wildman–Crippen MR) is 48.3 cm³/mol. The SMILES string of the molecule is O=C(Cl)[C@@H]1CCC2=C(C1)[C@@H](O)O[C@H]2O. The molecule has 1 heterocycles. The van der Waals surface area contributed by atoms with Gasteiger partial charge in [-0.15, -0.1) is 0 Å². The molecule has 1 aliphatic carbocycles. The monoisotopic (exact) mass is 218 g/mol. The molecule has 0 bridgehead atoms. The highest BCUT2D eigenvalue weighted by Crippen LogP contribution is 2.39. The van der Waals surface area contributed by atoms with E-state index in [-0.39, 0.29) is 11.2 Å². The third kappa shape index (κ3) is 1.59. The van der Waals surface area contributed by atoms with Crippen molar-refractivity contribution in [2.75, 3.05) is 0 Å². The van der Waals surface area contributed by atoms with E-state index in [1.165, 1.54) is 0 Å². The van der Waals surface area contributed by atoms with E-state index in [4.69, 9.17) is 16.3 Å². The van der Waals surface area contributed by atoms with Crippen LogP contribution in [-0.4, -0.2) is 28.0 Å². The molecule has 2 rings (SSSR count). The number of ether oxygens (including phenoxy) is 1. The van der Waals surface area contributed by atoms with Crippen LogP contribution in [0.3, 0.4) is 0 Å². The van der Waals surface area contributed by atoms with Crippen LogP contribution in [0.5, 0.6) is 0 Å². The lowest BCUT2D eigenvalue weighted by molar-refractivity contribution is -0.154. The Morgan fingerprint density at radius 3 is 2.64 bits per heavy atom. The molecule has 2 aliphatic rings. The Bertz CT molecular complexity index is 299. The highest BCUT2D eigenvalue weighted by molar-refractivity contribution is 6.64. The van der Waals surface area contributed by atoms with Gasteiger partial charge in [0.25, 0.3) is 0 Å². The van der Waals surface area contributed by atoms with Crippen LogP contribution >= 0.6 is 11.6 Å². The van der Waals surface area contributed by atoms with Gasteiger partial charge < -0.3 is 14.9 Å². The summed E-state index contributed by atoms with van der Waals surface area (Å²) in [5.74, 6) is -0.251. The summed E-state index contributed by atoms with van der Waals surface area (Å²) in [6, 6.07) is 0. The summed E-state index contributed by atoms with van der Waals surface area (Å²) in [4.78, 5) is 10.9. The van der Waals surface area contributed by atoms with E-state index in [0.717, 1.165) is 0 Å². The molecule has 78 valence electrons. The summed E-state index contributed by atoms with van der Waals surface area (Å²) in [7, 11) is 0. The van der Waals surface area contributed by atoms with Gasteiger partial charge >= 0.3 is 0 Å². The zero-order valence-electron chi connectivity index (χ0n) is 7.44. The molecule has 4 nitrogen and oxygen atoms in total. The average Bonchev–Trinajstić information content (AvgIpc) is 2.42. The molecular weight excluding hydrogens is 208 g/mol. The molecule has 0 aromatic rings. The summed E-state index contributed by atoms with van der Waals surface area (Å²) in [6.07, 6.45) is -0.494. The highest BCUT2D eigenvalue weighted by atomic mass is 35.5. The minimum atomic E-state index is -1.07. The quantitative estimate of drug-likeness (QED) is 0.497. The van der Waals surface area contributed by atoms with Gasteiger partial charge in [0.2, 0.25) is 5.24 Å². The second-order valence-electron chi connectivity index (χ2n) is 3.64. The van der Waals surface area contributed by atoms with E-state index in [9.17, 15) is 15.0 Å². The molecule has 0 unspecified atom stereocenters. The molecule has 1 aliphatic heterocycles. The number of hydrogen-bond acceptors (Lipinski definition) is 4. The molecule has 0 aromatic heterocycles. The van der Waals surface area contributed by atoms with Crippen LogP contribution in [0.4, 0.5) is 0 Å². The fourth-order valence-electron chi connectivity index (χ4n) is 2.01. The second kappa shape index (κ2) is 3.62. The summed E-state index contributed by atoms with van der Waals surface area (Å²) in [5, 5.41) is 18.4. The maximum Gasteiger partial charge on any atom is 0.225 e. The van der Waals surface area contributed by atoms with Crippen molar-refractivity contribution in [3.63, 3.8) is 0 Å². The smallest absolute Gasteiger partial charge is 0.225 e. The molecule has 0 fully saturated rings. The van der Waals surface area contributed by atoms with Gasteiger partial charge in [-0.25, -0.2) is 0 Å². The number of hydrogen-bond donors (Lipinski definition) is 2. The van der Waals surface area contributed by atoms with E-state index in [1.807, 2.05) is 0 Å². The van der Waals surface area contributed by atoms with Crippen LogP contribution in [0.2, 0.25) is 0 Å². The molecule has 0 saturated carbocycles.